The number of allylic oxidation sites excluding steroid dienone is 1. The number of nitrogens with one attached hydrogen (secondary N) is 3. The maximum atomic E-state index is 14.0. The topological polar surface area (TPSA) is 164 Å². The number of anilines is 1. The largest absolute Gasteiger partial charge is 0.446 e. The Bertz CT molecular complexity index is 1760. The summed E-state index contributed by atoms with van der Waals surface area (Å²) in [7, 11) is -2.18. The zero-order valence-electron chi connectivity index (χ0n) is 28.9. The monoisotopic (exact) mass is 705 g/mol. The van der Waals surface area contributed by atoms with Crippen LogP contribution in [0.1, 0.15) is 62.5 Å². The van der Waals surface area contributed by atoms with Crippen molar-refractivity contribution in [1.82, 2.24) is 19.9 Å². The van der Waals surface area contributed by atoms with Crippen molar-refractivity contribution in [2.24, 2.45) is 17.8 Å². The fourth-order valence-corrected chi connectivity index (χ4v) is 7.98. The minimum atomic E-state index is -3.86. The molecule has 0 aliphatic heterocycles. The third-order valence-electron chi connectivity index (χ3n) is 9.82. The van der Waals surface area contributed by atoms with Gasteiger partial charge in [-0.3, -0.25) is 29.4 Å². The molecule has 1 aromatic carbocycles. The minimum absolute atomic E-state index is 0.0387. The SMILES string of the molecule is C=CCCCCN(C)C(=O)[C@@H]1C[C@H](OC(=O)Nc2cc(C)ccc2-c2ccc(C)cn2)C[C@H]1C(=O)NC1(C(=O)NS(=O)(=O)C2CC2)C[C@H]1C=C. The third-order valence-corrected chi connectivity index (χ3v) is 11.6. The Hall–Kier alpha value is -4.52. The Morgan fingerprint density at radius 3 is 2.40 bits per heavy atom. The van der Waals surface area contributed by atoms with Crippen molar-refractivity contribution in [1.29, 1.82) is 0 Å². The predicted octanol–water partition coefficient (Wildman–Crippen LogP) is 4.79. The summed E-state index contributed by atoms with van der Waals surface area (Å²) in [4.78, 5) is 60.5. The molecule has 1 aromatic heterocycles. The van der Waals surface area contributed by atoms with Crippen molar-refractivity contribution in [3.8, 4) is 11.3 Å². The number of aryl methyl sites for hydroxylation is 2. The second-order valence-corrected chi connectivity index (χ2v) is 15.8. The molecule has 0 bridgehead atoms. The van der Waals surface area contributed by atoms with Crippen LogP contribution >= 0.6 is 0 Å². The second-order valence-electron chi connectivity index (χ2n) is 13.8. The molecule has 0 saturated heterocycles. The summed E-state index contributed by atoms with van der Waals surface area (Å²) in [5, 5.41) is 5.00. The van der Waals surface area contributed by atoms with E-state index in [1.165, 1.54) is 6.08 Å². The van der Waals surface area contributed by atoms with E-state index in [-0.39, 0.29) is 25.2 Å². The van der Waals surface area contributed by atoms with Gasteiger partial charge in [0, 0.05) is 31.3 Å². The van der Waals surface area contributed by atoms with E-state index in [0.29, 0.717) is 36.3 Å². The van der Waals surface area contributed by atoms with E-state index in [2.05, 4.69) is 33.5 Å². The number of carbonyl (C=O) groups is 4. The number of hydrogen-bond acceptors (Lipinski definition) is 8. The Labute approximate surface area is 294 Å². The van der Waals surface area contributed by atoms with Gasteiger partial charge >= 0.3 is 6.09 Å². The van der Waals surface area contributed by atoms with Crippen molar-refractivity contribution in [2.45, 2.75) is 82.1 Å². The van der Waals surface area contributed by atoms with Gasteiger partial charge in [-0.1, -0.05) is 30.4 Å². The van der Waals surface area contributed by atoms with Gasteiger partial charge in [-0.2, -0.15) is 0 Å². The highest BCUT2D eigenvalue weighted by atomic mass is 32.2. The molecule has 3 aliphatic rings. The van der Waals surface area contributed by atoms with Crippen LogP contribution in [0.5, 0.6) is 0 Å². The summed E-state index contributed by atoms with van der Waals surface area (Å²) in [5.41, 5.74) is 2.30. The van der Waals surface area contributed by atoms with E-state index >= 15 is 0 Å². The van der Waals surface area contributed by atoms with Crippen molar-refractivity contribution < 1.29 is 32.3 Å². The highest BCUT2D eigenvalue weighted by molar-refractivity contribution is 7.91. The normalized spacial score (nSPS) is 24.1. The van der Waals surface area contributed by atoms with Crippen LogP contribution in [-0.2, 0) is 29.1 Å². The number of pyridine rings is 1. The second kappa shape index (κ2) is 15.2. The highest BCUT2D eigenvalue weighted by Gasteiger charge is 2.62. The first-order chi connectivity index (χ1) is 23.8. The molecular weight excluding hydrogens is 659 g/mol. The van der Waals surface area contributed by atoms with Crippen LogP contribution in [0.2, 0.25) is 0 Å². The van der Waals surface area contributed by atoms with Crippen LogP contribution in [0.25, 0.3) is 11.3 Å². The van der Waals surface area contributed by atoms with Gasteiger partial charge in [0.05, 0.1) is 28.5 Å². The van der Waals surface area contributed by atoms with Gasteiger partial charge in [0.25, 0.3) is 5.91 Å². The number of amides is 4. The molecule has 13 heteroatoms. The number of unbranched alkanes of at least 4 members (excludes halogenated alkanes) is 2. The molecule has 0 radical (unpaired) electrons. The predicted molar refractivity (Wildman–Crippen MR) is 190 cm³/mol. The van der Waals surface area contributed by atoms with Crippen LogP contribution in [0, 0.1) is 31.6 Å². The van der Waals surface area contributed by atoms with Crippen molar-refractivity contribution in [3.05, 3.63) is 73.0 Å². The maximum Gasteiger partial charge on any atom is 0.411 e. The summed E-state index contributed by atoms with van der Waals surface area (Å²) in [6, 6.07) is 9.40. The molecule has 3 N–H and O–H groups in total. The van der Waals surface area contributed by atoms with E-state index < -0.39 is 62.6 Å². The van der Waals surface area contributed by atoms with E-state index in [0.717, 1.165) is 30.4 Å². The van der Waals surface area contributed by atoms with Gasteiger partial charge in [-0.05, 0) is 88.5 Å². The molecule has 1 unspecified atom stereocenters. The molecule has 1 heterocycles. The lowest BCUT2D eigenvalue weighted by Gasteiger charge is -2.26. The van der Waals surface area contributed by atoms with Gasteiger partial charge in [0.2, 0.25) is 21.8 Å². The van der Waals surface area contributed by atoms with Crippen LogP contribution in [-0.4, -0.2) is 72.6 Å². The Balaban J connectivity index is 1.32. The van der Waals surface area contributed by atoms with Crippen molar-refractivity contribution >= 4 is 39.5 Å². The summed E-state index contributed by atoms with van der Waals surface area (Å²) < 4.78 is 33.2. The lowest BCUT2D eigenvalue weighted by molar-refractivity contribution is -0.140. The highest BCUT2D eigenvalue weighted by Crippen LogP contribution is 2.46. The summed E-state index contributed by atoms with van der Waals surface area (Å²) >= 11 is 0. The fraction of sp³-hybridized carbons (Fsp3) is 0.486. The fourth-order valence-electron chi connectivity index (χ4n) is 6.61. The molecule has 4 amide bonds. The van der Waals surface area contributed by atoms with Crippen LogP contribution in [0.15, 0.2) is 61.8 Å². The molecule has 50 heavy (non-hydrogen) atoms. The number of ether oxygens (including phenoxy) is 1. The lowest BCUT2D eigenvalue weighted by Crippen LogP contribution is -2.54. The first kappa shape index (κ1) is 36.8. The number of carbonyl (C=O) groups excluding carboxylic acids is 4. The number of sulfonamides is 1. The molecule has 12 nitrogen and oxygen atoms in total. The summed E-state index contributed by atoms with van der Waals surface area (Å²) in [6.45, 7) is 11.8. The number of aromatic nitrogens is 1. The number of nitrogens with zero attached hydrogens (tertiary/aromatic N) is 2. The Morgan fingerprint density at radius 2 is 1.76 bits per heavy atom. The van der Waals surface area contributed by atoms with Gasteiger partial charge in [-0.15, -0.1) is 13.2 Å². The molecular formula is C37H47N5O7S. The van der Waals surface area contributed by atoms with Crippen molar-refractivity contribution in [3.63, 3.8) is 0 Å². The van der Waals surface area contributed by atoms with Gasteiger partial charge in [-0.25, -0.2) is 13.2 Å². The molecule has 268 valence electrons. The van der Waals surface area contributed by atoms with Gasteiger partial charge in [0.15, 0.2) is 0 Å². The summed E-state index contributed by atoms with van der Waals surface area (Å²) in [5.74, 6) is -3.91. The Kier molecular flexibility index (Phi) is 11.1. The average Bonchev–Trinajstić information content (AvgIpc) is 4.00. The van der Waals surface area contributed by atoms with E-state index in [9.17, 15) is 27.6 Å². The molecule has 0 spiro atoms. The molecule has 3 aliphatic carbocycles. The van der Waals surface area contributed by atoms with E-state index in [1.54, 1.807) is 18.1 Å². The molecule has 5 atom stereocenters. The number of hydrogen-bond donors (Lipinski definition) is 3. The number of rotatable bonds is 15. The van der Waals surface area contributed by atoms with E-state index in [1.807, 2.05) is 50.3 Å². The molecule has 5 rings (SSSR count). The molecule has 3 fully saturated rings. The van der Waals surface area contributed by atoms with Crippen LogP contribution in [0.3, 0.4) is 0 Å². The van der Waals surface area contributed by atoms with Crippen LogP contribution in [0.4, 0.5) is 10.5 Å². The first-order valence-corrected chi connectivity index (χ1v) is 18.7. The number of benzene rings is 1. The Morgan fingerprint density at radius 1 is 1.04 bits per heavy atom. The van der Waals surface area contributed by atoms with Gasteiger partial charge in [0.1, 0.15) is 11.6 Å². The third kappa shape index (κ3) is 8.43. The van der Waals surface area contributed by atoms with Crippen molar-refractivity contribution in [2.75, 3.05) is 18.9 Å². The smallest absolute Gasteiger partial charge is 0.411 e. The molecule has 3 saturated carbocycles. The zero-order valence-corrected chi connectivity index (χ0v) is 29.8. The average molecular weight is 706 g/mol. The first-order valence-electron chi connectivity index (χ1n) is 17.2. The van der Waals surface area contributed by atoms with Gasteiger partial charge < -0.3 is 15.0 Å². The lowest BCUT2D eigenvalue weighted by atomic mass is 9.93. The molecule has 2 aromatic rings. The minimum Gasteiger partial charge on any atom is -0.446 e. The van der Waals surface area contributed by atoms with Crippen LogP contribution < -0.4 is 15.4 Å². The standard InChI is InChI=1S/C37H47N5O7S/c1-6-8-9-10-17-42(5)34(44)30-20-26(49-36(46)39-32-18-23(3)11-15-28(32)31-16-12-24(4)22-38-31)19-29(30)33(43)40-37(21-25(37)7-2)35(45)41-50(47,48)27-13-14-27/h6-7,11-12,15-16,18,22,25-27,29-30H,1-2,8-10,13-14,17,19-21H2,3-5H3,(H,39,46)(H,40,43)(H,41,45)/t25-,26-,29-,30-,37?/m1/s1. The zero-order chi connectivity index (χ0) is 36.2. The summed E-state index contributed by atoms with van der Waals surface area (Å²) in [6.07, 6.45) is 7.23. The van der Waals surface area contributed by atoms with E-state index in [4.69, 9.17) is 4.74 Å². The maximum absolute atomic E-state index is 14.0. The quantitative estimate of drug-likeness (QED) is 0.176.